The summed E-state index contributed by atoms with van der Waals surface area (Å²) in [6.45, 7) is 2.50. The Balaban J connectivity index is 1.87. The Morgan fingerprint density at radius 2 is 2.44 bits per heavy atom. The number of amides is 2. The maximum absolute atomic E-state index is 11.9. The van der Waals surface area contributed by atoms with Gasteiger partial charge in [-0.2, -0.15) is 5.10 Å². The summed E-state index contributed by atoms with van der Waals surface area (Å²) in [7, 11) is 0. The molecule has 1 aliphatic heterocycles. The van der Waals surface area contributed by atoms with Crippen LogP contribution in [0.2, 0.25) is 0 Å². The van der Waals surface area contributed by atoms with Gasteiger partial charge in [0, 0.05) is 13.1 Å². The number of hydrogen-bond donors (Lipinski definition) is 3. The molecule has 2 heterocycles. The number of aromatic amines is 1. The van der Waals surface area contributed by atoms with Gasteiger partial charge in [-0.25, -0.2) is 9.78 Å². The molecule has 0 aliphatic carbocycles. The van der Waals surface area contributed by atoms with Gasteiger partial charge in [0.2, 0.25) is 0 Å². The molecule has 0 saturated carbocycles. The maximum Gasteiger partial charge on any atom is 0.318 e. The number of carboxylic acids is 1. The number of likely N-dealkylation sites (tertiary alicyclic amines) is 1. The Labute approximate surface area is 103 Å². The summed E-state index contributed by atoms with van der Waals surface area (Å²) in [5.41, 5.74) is 0. The molecule has 2 unspecified atom stereocenters. The number of nitrogens with one attached hydrogen (secondary N) is 2. The average Bonchev–Trinajstić information content (AvgIpc) is 3.00. The fourth-order valence-corrected chi connectivity index (χ4v) is 1.91. The van der Waals surface area contributed by atoms with E-state index in [9.17, 15) is 9.59 Å². The Morgan fingerprint density at radius 3 is 3.00 bits per heavy atom. The van der Waals surface area contributed by atoms with Crippen LogP contribution in [0, 0.1) is 5.92 Å². The molecule has 2 rings (SSSR count). The number of carbonyl (C=O) groups excluding carboxylic acids is 1. The van der Waals surface area contributed by atoms with E-state index >= 15 is 0 Å². The zero-order chi connectivity index (χ0) is 13.1. The minimum atomic E-state index is -0.853. The van der Waals surface area contributed by atoms with Crippen LogP contribution in [0.1, 0.15) is 25.2 Å². The van der Waals surface area contributed by atoms with Crippen molar-refractivity contribution in [2.24, 2.45) is 5.92 Å². The van der Waals surface area contributed by atoms with Crippen LogP contribution in [0.4, 0.5) is 4.79 Å². The maximum atomic E-state index is 11.9. The van der Waals surface area contributed by atoms with E-state index in [2.05, 4.69) is 20.5 Å². The van der Waals surface area contributed by atoms with Crippen LogP contribution in [0.25, 0.3) is 0 Å². The van der Waals surface area contributed by atoms with Gasteiger partial charge in [-0.3, -0.25) is 9.89 Å². The molecule has 1 saturated heterocycles. The first-order valence-electron chi connectivity index (χ1n) is 5.71. The van der Waals surface area contributed by atoms with Gasteiger partial charge < -0.3 is 15.3 Å². The summed E-state index contributed by atoms with van der Waals surface area (Å²) in [6.07, 6.45) is 1.87. The van der Waals surface area contributed by atoms with Gasteiger partial charge in [0.25, 0.3) is 0 Å². The fraction of sp³-hybridized carbons (Fsp3) is 0.600. The fourth-order valence-electron chi connectivity index (χ4n) is 1.91. The lowest BCUT2D eigenvalue weighted by atomic mass is 10.1. The van der Waals surface area contributed by atoms with Crippen molar-refractivity contribution in [1.29, 1.82) is 0 Å². The molecule has 1 fully saturated rings. The lowest BCUT2D eigenvalue weighted by Crippen LogP contribution is -2.40. The summed E-state index contributed by atoms with van der Waals surface area (Å²) in [4.78, 5) is 28.1. The number of carbonyl (C=O) groups is 2. The monoisotopic (exact) mass is 253 g/mol. The second-order valence-electron chi connectivity index (χ2n) is 4.31. The van der Waals surface area contributed by atoms with E-state index in [-0.39, 0.29) is 18.6 Å². The molecule has 1 aromatic heterocycles. The Hall–Kier alpha value is -2.12. The molecular weight excluding hydrogens is 238 g/mol. The lowest BCUT2D eigenvalue weighted by molar-refractivity contribution is -0.141. The molecule has 8 nitrogen and oxygen atoms in total. The third-order valence-electron chi connectivity index (χ3n) is 3.01. The average molecular weight is 253 g/mol. The zero-order valence-corrected chi connectivity index (χ0v) is 9.96. The van der Waals surface area contributed by atoms with E-state index in [0.29, 0.717) is 18.8 Å². The predicted octanol–water partition coefficient (Wildman–Crippen LogP) is -0.0182. The van der Waals surface area contributed by atoms with Gasteiger partial charge in [0.05, 0.1) is 12.0 Å². The number of hydrogen-bond acceptors (Lipinski definition) is 4. The third-order valence-corrected chi connectivity index (χ3v) is 3.01. The van der Waals surface area contributed by atoms with Crippen LogP contribution in [0.3, 0.4) is 0 Å². The van der Waals surface area contributed by atoms with Crippen molar-refractivity contribution in [3.63, 3.8) is 0 Å². The summed E-state index contributed by atoms with van der Waals surface area (Å²) >= 11 is 0. The number of carboxylic acid groups (broad SMARTS) is 1. The molecule has 2 atom stereocenters. The van der Waals surface area contributed by atoms with Gasteiger partial charge in [0.1, 0.15) is 12.2 Å². The number of aliphatic carboxylic acids is 1. The summed E-state index contributed by atoms with van der Waals surface area (Å²) in [5.74, 6) is -0.748. The van der Waals surface area contributed by atoms with Crippen molar-refractivity contribution < 1.29 is 14.7 Å². The second-order valence-corrected chi connectivity index (χ2v) is 4.31. The molecule has 0 aromatic carbocycles. The van der Waals surface area contributed by atoms with Crippen molar-refractivity contribution in [2.75, 3.05) is 13.1 Å². The van der Waals surface area contributed by atoms with Crippen LogP contribution in [-0.4, -0.2) is 50.3 Å². The largest absolute Gasteiger partial charge is 0.481 e. The first-order valence-corrected chi connectivity index (χ1v) is 5.71. The molecule has 2 amide bonds. The van der Waals surface area contributed by atoms with Crippen LogP contribution in [0.15, 0.2) is 6.33 Å². The van der Waals surface area contributed by atoms with E-state index < -0.39 is 11.9 Å². The highest BCUT2D eigenvalue weighted by Gasteiger charge is 2.31. The molecule has 3 N–H and O–H groups in total. The Kier molecular flexibility index (Phi) is 3.45. The molecule has 0 radical (unpaired) electrons. The third kappa shape index (κ3) is 2.58. The van der Waals surface area contributed by atoms with E-state index in [1.165, 1.54) is 11.2 Å². The predicted molar refractivity (Wildman–Crippen MR) is 60.6 cm³/mol. The van der Waals surface area contributed by atoms with Gasteiger partial charge >= 0.3 is 12.0 Å². The SMILES string of the molecule is CC(NC(=O)N1CCC(C(=O)O)C1)c1ncn[nH]1. The first kappa shape index (κ1) is 12.3. The highest BCUT2D eigenvalue weighted by Crippen LogP contribution is 2.17. The lowest BCUT2D eigenvalue weighted by Gasteiger charge is -2.19. The first-order chi connectivity index (χ1) is 8.58. The minimum Gasteiger partial charge on any atom is -0.481 e. The number of nitrogens with zero attached hydrogens (tertiary/aromatic N) is 3. The number of rotatable bonds is 3. The van der Waals surface area contributed by atoms with Gasteiger partial charge in [-0.15, -0.1) is 0 Å². The number of urea groups is 1. The number of H-pyrrole nitrogens is 1. The van der Waals surface area contributed by atoms with E-state index in [0.717, 1.165) is 0 Å². The normalized spacial score (nSPS) is 20.7. The van der Waals surface area contributed by atoms with E-state index in [1.807, 2.05) is 0 Å². The van der Waals surface area contributed by atoms with Crippen molar-refractivity contribution in [1.82, 2.24) is 25.4 Å². The highest BCUT2D eigenvalue weighted by molar-refractivity contribution is 5.77. The van der Waals surface area contributed by atoms with Crippen LogP contribution < -0.4 is 5.32 Å². The molecular formula is C10H15N5O3. The molecule has 1 aromatic rings. The standard InChI is InChI=1S/C10H15N5O3/c1-6(8-11-5-12-14-8)13-10(18)15-3-2-7(4-15)9(16)17/h5-7H,2-4H2,1H3,(H,13,18)(H,16,17)(H,11,12,14). The number of aromatic nitrogens is 3. The molecule has 18 heavy (non-hydrogen) atoms. The summed E-state index contributed by atoms with van der Waals surface area (Å²) in [5, 5.41) is 18.0. The van der Waals surface area contributed by atoms with Gasteiger partial charge in [0.15, 0.2) is 0 Å². The second kappa shape index (κ2) is 5.03. The van der Waals surface area contributed by atoms with E-state index in [4.69, 9.17) is 5.11 Å². The van der Waals surface area contributed by atoms with Crippen molar-refractivity contribution in [2.45, 2.75) is 19.4 Å². The van der Waals surface area contributed by atoms with Crippen LogP contribution >= 0.6 is 0 Å². The molecule has 98 valence electrons. The summed E-state index contributed by atoms with van der Waals surface area (Å²) in [6, 6.07) is -0.563. The van der Waals surface area contributed by atoms with Crippen molar-refractivity contribution in [3.8, 4) is 0 Å². The molecule has 8 heteroatoms. The Bertz CT molecular complexity index is 433. The van der Waals surface area contributed by atoms with Crippen molar-refractivity contribution >= 4 is 12.0 Å². The smallest absolute Gasteiger partial charge is 0.318 e. The zero-order valence-electron chi connectivity index (χ0n) is 9.96. The molecule has 0 spiro atoms. The summed E-state index contributed by atoms with van der Waals surface area (Å²) < 4.78 is 0. The van der Waals surface area contributed by atoms with Crippen molar-refractivity contribution in [3.05, 3.63) is 12.2 Å². The minimum absolute atomic E-state index is 0.254. The Morgan fingerprint density at radius 1 is 1.67 bits per heavy atom. The van der Waals surface area contributed by atoms with Crippen LogP contribution in [0.5, 0.6) is 0 Å². The van der Waals surface area contributed by atoms with Crippen LogP contribution in [-0.2, 0) is 4.79 Å². The quantitative estimate of drug-likeness (QED) is 0.701. The van der Waals surface area contributed by atoms with Gasteiger partial charge in [-0.1, -0.05) is 0 Å². The molecule has 0 bridgehead atoms. The molecule has 1 aliphatic rings. The van der Waals surface area contributed by atoms with Gasteiger partial charge in [-0.05, 0) is 13.3 Å². The highest BCUT2D eigenvalue weighted by atomic mass is 16.4. The topological polar surface area (TPSA) is 111 Å². The van der Waals surface area contributed by atoms with E-state index in [1.54, 1.807) is 6.92 Å².